The predicted molar refractivity (Wildman–Crippen MR) is 97.2 cm³/mol. The molecule has 0 saturated heterocycles. The zero-order chi connectivity index (χ0) is 18.9. The van der Waals surface area contributed by atoms with Gasteiger partial charge in [0.25, 0.3) is 11.8 Å². The summed E-state index contributed by atoms with van der Waals surface area (Å²) in [5, 5.41) is 5.44. The lowest BCUT2D eigenvalue weighted by atomic mass is 10.2. The normalized spacial score (nSPS) is 10.1. The van der Waals surface area contributed by atoms with E-state index in [4.69, 9.17) is 0 Å². The van der Waals surface area contributed by atoms with Gasteiger partial charge in [0.2, 0.25) is 0 Å². The SMILES string of the molecule is CCCCNC(=O)c1cccc(C(=O)Nc2ccc(C(=O)OC)cc2)n1. The number of benzene rings is 1. The van der Waals surface area contributed by atoms with Gasteiger partial charge in [0.1, 0.15) is 11.4 Å². The first-order valence-corrected chi connectivity index (χ1v) is 8.30. The van der Waals surface area contributed by atoms with Gasteiger partial charge in [0, 0.05) is 12.2 Å². The first kappa shape index (κ1) is 19.1. The van der Waals surface area contributed by atoms with E-state index in [1.807, 2.05) is 6.92 Å². The van der Waals surface area contributed by atoms with Gasteiger partial charge in [-0.25, -0.2) is 9.78 Å². The summed E-state index contributed by atoms with van der Waals surface area (Å²) in [7, 11) is 1.30. The van der Waals surface area contributed by atoms with Crippen molar-refractivity contribution in [1.82, 2.24) is 10.3 Å². The van der Waals surface area contributed by atoms with E-state index in [9.17, 15) is 14.4 Å². The highest BCUT2D eigenvalue weighted by atomic mass is 16.5. The molecule has 136 valence electrons. The molecule has 0 aliphatic heterocycles. The van der Waals surface area contributed by atoms with Crippen LogP contribution in [0.1, 0.15) is 51.1 Å². The number of methoxy groups -OCH3 is 1. The lowest BCUT2D eigenvalue weighted by Gasteiger charge is -2.07. The summed E-state index contributed by atoms with van der Waals surface area (Å²) in [5.41, 5.74) is 1.21. The summed E-state index contributed by atoms with van der Waals surface area (Å²) in [4.78, 5) is 39.9. The summed E-state index contributed by atoms with van der Waals surface area (Å²) < 4.78 is 4.62. The van der Waals surface area contributed by atoms with Crippen LogP contribution in [0, 0.1) is 0 Å². The lowest BCUT2D eigenvalue weighted by Crippen LogP contribution is -2.26. The molecule has 2 aromatic rings. The maximum Gasteiger partial charge on any atom is 0.337 e. The van der Waals surface area contributed by atoms with Gasteiger partial charge in [0.05, 0.1) is 12.7 Å². The van der Waals surface area contributed by atoms with Crippen molar-refractivity contribution in [2.75, 3.05) is 19.0 Å². The molecular formula is C19H21N3O4. The lowest BCUT2D eigenvalue weighted by molar-refractivity contribution is 0.0600. The quantitative estimate of drug-likeness (QED) is 0.588. The van der Waals surface area contributed by atoms with Crippen LogP contribution in [0.3, 0.4) is 0 Å². The molecule has 7 nitrogen and oxygen atoms in total. The Balaban J connectivity index is 2.04. The number of nitrogens with zero attached hydrogens (tertiary/aromatic N) is 1. The van der Waals surface area contributed by atoms with Gasteiger partial charge in [0.15, 0.2) is 0 Å². The number of carbonyl (C=O) groups is 3. The molecule has 0 aliphatic rings. The molecule has 0 fully saturated rings. The van der Waals surface area contributed by atoms with Gasteiger partial charge < -0.3 is 15.4 Å². The fourth-order valence-corrected chi connectivity index (χ4v) is 2.16. The van der Waals surface area contributed by atoms with Crippen LogP contribution in [0.15, 0.2) is 42.5 Å². The number of anilines is 1. The Morgan fingerprint density at radius 3 is 2.27 bits per heavy atom. The molecule has 0 spiro atoms. The number of pyridine rings is 1. The van der Waals surface area contributed by atoms with Crippen molar-refractivity contribution in [2.45, 2.75) is 19.8 Å². The molecule has 0 aliphatic carbocycles. The van der Waals surface area contributed by atoms with Crippen LogP contribution >= 0.6 is 0 Å². The maximum absolute atomic E-state index is 12.3. The molecule has 2 N–H and O–H groups in total. The number of rotatable bonds is 7. The predicted octanol–water partition coefficient (Wildman–Crippen LogP) is 2.65. The molecule has 1 aromatic heterocycles. The summed E-state index contributed by atoms with van der Waals surface area (Å²) >= 11 is 0. The Labute approximate surface area is 151 Å². The van der Waals surface area contributed by atoms with E-state index in [-0.39, 0.29) is 17.3 Å². The van der Waals surface area contributed by atoms with Crippen LogP contribution in [-0.4, -0.2) is 36.4 Å². The zero-order valence-corrected chi connectivity index (χ0v) is 14.7. The van der Waals surface area contributed by atoms with Crippen LogP contribution in [0.4, 0.5) is 5.69 Å². The van der Waals surface area contributed by atoms with Gasteiger partial charge >= 0.3 is 5.97 Å². The van der Waals surface area contributed by atoms with Crippen molar-refractivity contribution >= 4 is 23.5 Å². The second-order valence-electron chi connectivity index (χ2n) is 5.54. The van der Waals surface area contributed by atoms with Gasteiger partial charge in [-0.2, -0.15) is 0 Å². The first-order valence-electron chi connectivity index (χ1n) is 8.30. The molecule has 1 heterocycles. The number of ether oxygens (including phenoxy) is 1. The molecule has 1 aromatic carbocycles. The monoisotopic (exact) mass is 355 g/mol. The minimum absolute atomic E-state index is 0.130. The highest BCUT2D eigenvalue weighted by Gasteiger charge is 2.13. The van der Waals surface area contributed by atoms with E-state index >= 15 is 0 Å². The smallest absolute Gasteiger partial charge is 0.337 e. The Morgan fingerprint density at radius 2 is 1.65 bits per heavy atom. The molecule has 0 saturated carbocycles. The summed E-state index contributed by atoms with van der Waals surface area (Å²) in [5.74, 6) is -1.21. The van der Waals surface area contributed by atoms with Gasteiger partial charge in [-0.15, -0.1) is 0 Å². The number of hydrogen-bond donors (Lipinski definition) is 2. The van der Waals surface area contributed by atoms with Crippen LogP contribution in [0.2, 0.25) is 0 Å². The molecule has 7 heteroatoms. The van der Waals surface area contributed by atoms with Crippen molar-refractivity contribution in [2.24, 2.45) is 0 Å². The second kappa shape index (κ2) is 9.31. The Morgan fingerprint density at radius 1 is 1.00 bits per heavy atom. The Bertz CT molecular complexity index is 788. The molecule has 0 atom stereocenters. The minimum atomic E-state index is -0.452. The molecule has 0 bridgehead atoms. The van der Waals surface area contributed by atoms with Gasteiger partial charge in [-0.05, 0) is 42.8 Å². The van der Waals surface area contributed by atoms with Crippen LogP contribution in [0.5, 0.6) is 0 Å². The number of esters is 1. The van der Waals surface area contributed by atoms with E-state index < -0.39 is 11.9 Å². The maximum atomic E-state index is 12.3. The van der Waals surface area contributed by atoms with Crippen LogP contribution in [0.25, 0.3) is 0 Å². The average molecular weight is 355 g/mol. The van der Waals surface area contributed by atoms with Crippen LogP contribution in [-0.2, 0) is 4.74 Å². The van der Waals surface area contributed by atoms with E-state index in [0.717, 1.165) is 12.8 Å². The van der Waals surface area contributed by atoms with Crippen molar-refractivity contribution < 1.29 is 19.1 Å². The Kier molecular flexibility index (Phi) is 6.84. The number of carbonyl (C=O) groups excluding carboxylic acids is 3. The molecule has 0 unspecified atom stereocenters. The number of aromatic nitrogens is 1. The van der Waals surface area contributed by atoms with E-state index in [1.54, 1.807) is 36.4 Å². The van der Waals surface area contributed by atoms with E-state index in [2.05, 4.69) is 20.4 Å². The van der Waals surface area contributed by atoms with Crippen molar-refractivity contribution in [3.05, 3.63) is 59.4 Å². The minimum Gasteiger partial charge on any atom is -0.465 e. The van der Waals surface area contributed by atoms with Crippen molar-refractivity contribution in [1.29, 1.82) is 0 Å². The van der Waals surface area contributed by atoms with E-state index in [0.29, 0.717) is 17.8 Å². The van der Waals surface area contributed by atoms with Crippen molar-refractivity contribution in [3.63, 3.8) is 0 Å². The third-order valence-electron chi connectivity index (χ3n) is 3.59. The molecule has 0 radical (unpaired) electrons. The molecule has 2 rings (SSSR count). The number of amides is 2. The Hall–Kier alpha value is -3.22. The van der Waals surface area contributed by atoms with Crippen molar-refractivity contribution in [3.8, 4) is 0 Å². The molecule has 2 amide bonds. The molecule has 26 heavy (non-hydrogen) atoms. The highest BCUT2D eigenvalue weighted by Crippen LogP contribution is 2.12. The summed E-state index contributed by atoms with van der Waals surface area (Å²) in [6.45, 7) is 2.60. The van der Waals surface area contributed by atoms with Gasteiger partial charge in [-0.1, -0.05) is 19.4 Å². The molecular weight excluding hydrogens is 334 g/mol. The summed E-state index contributed by atoms with van der Waals surface area (Å²) in [6.07, 6.45) is 1.86. The third kappa shape index (κ3) is 5.14. The summed E-state index contributed by atoms with van der Waals surface area (Å²) in [6, 6.07) is 11.0. The standard InChI is InChI=1S/C19H21N3O4/c1-3-4-12-20-17(23)15-6-5-7-16(22-15)18(24)21-14-10-8-13(9-11-14)19(25)26-2/h5-11H,3-4,12H2,1-2H3,(H,20,23)(H,21,24). The third-order valence-corrected chi connectivity index (χ3v) is 3.59. The fraction of sp³-hybridized carbons (Fsp3) is 0.263. The largest absolute Gasteiger partial charge is 0.465 e. The number of nitrogens with one attached hydrogen (secondary N) is 2. The number of unbranched alkanes of at least 4 members (excludes halogenated alkanes) is 1. The second-order valence-corrected chi connectivity index (χ2v) is 5.54. The highest BCUT2D eigenvalue weighted by molar-refractivity contribution is 6.04. The topological polar surface area (TPSA) is 97.4 Å². The van der Waals surface area contributed by atoms with Gasteiger partial charge in [-0.3, -0.25) is 9.59 Å². The zero-order valence-electron chi connectivity index (χ0n) is 14.7. The van der Waals surface area contributed by atoms with Crippen LogP contribution < -0.4 is 10.6 Å². The fourth-order valence-electron chi connectivity index (χ4n) is 2.16. The van der Waals surface area contributed by atoms with E-state index in [1.165, 1.54) is 13.2 Å². The average Bonchev–Trinajstić information content (AvgIpc) is 2.68. The first-order chi connectivity index (χ1) is 12.5. The number of hydrogen-bond acceptors (Lipinski definition) is 5.